The quantitative estimate of drug-likeness (QED) is 0.864. The number of halogens is 1. The first-order chi connectivity index (χ1) is 8.64. The summed E-state index contributed by atoms with van der Waals surface area (Å²) in [5, 5.41) is 13.1. The van der Waals surface area contributed by atoms with E-state index in [9.17, 15) is 9.50 Å². The maximum Gasteiger partial charge on any atom is 0.141 e. The minimum absolute atomic E-state index is 0.0396. The number of nitrogens with one attached hydrogen (secondary N) is 1. The molecule has 1 aliphatic carbocycles. The van der Waals surface area contributed by atoms with E-state index in [1.54, 1.807) is 6.07 Å². The highest BCUT2D eigenvalue weighted by Gasteiger charge is 2.30. The fraction of sp³-hybridized carbons (Fsp3) is 0.643. The van der Waals surface area contributed by atoms with Crippen LogP contribution in [0.3, 0.4) is 0 Å². The Balaban J connectivity index is 2.10. The second-order valence-electron chi connectivity index (χ2n) is 5.33. The van der Waals surface area contributed by atoms with Crippen LogP contribution in [-0.4, -0.2) is 22.7 Å². The van der Waals surface area contributed by atoms with E-state index in [1.165, 1.54) is 31.5 Å². The minimum Gasteiger partial charge on any atom is -0.394 e. The van der Waals surface area contributed by atoms with E-state index < -0.39 is 5.54 Å². The maximum atomic E-state index is 12.9. The van der Waals surface area contributed by atoms with Gasteiger partial charge in [0, 0.05) is 6.04 Å². The van der Waals surface area contributed by atoms with Crippen molar-refractivity contribution in [1.82, 2.24) is 10.3 Å². The summed E-state index contributed by atoms with van der Waals surface area (Å²) in [4.78, 5) is 4.09. The highest BCUT2D eigenvalue weighted by atomic mass is 19.1. The molecule has 0 bridgehead atoms. The van der Waals surface area contributed by atoms with Gasteiger partial charge in [0.2, 0.25) is 0 Å². The Morgan fingerprint density at radius 2 is 2.11 bits per heavy atom. The lowest BCUT2D eigenvalue weighted by atomic mass is 9.90. The van der Waals surface area contributed by atoms with E-state index in [4.69, 9.17) is 0 Å². The van der Waals surface area contributed by atoms with Gasteiger partial charge in [-0.1, -0.05) is 19.3 Å². The Hall–Kier alpha value is -1.00. The predicted octanol–water partition coefficient (Wildman–Crippen LogP) is 2.35. The van der Waals surface area contributed by atoms with Gasteiger partial charge in [-0.05, 0) is 31.9 Å². The predicted molar refractivity (Wildman–Crippen MR) is 68.6 cm³/mol. The zero-order valence-corrected chi connectivity index (χ0v) is 10.8. The monoisotopic (exact) mass is 252 g/mol. The normalized spacial score (nSPS) is 20.6. The summed E-state index contributed by atoms with van der Waals surface area (Å²) in [6, 6.07) is 3.45. The van der Waals surface area contributed by atoms with Gasteiger partial charge in [0.05, 0.1) is 24.0 Å². The molecule has 1 aromatic heterocycles. The Bertz CT molecular complexity index is 376. The summed E-state index contributed by atoms with van der Waals surface area (Å²) in [5.41, 5.74) is 0.104. The minimum atomic E-state index is -0.588. The van der Waals surface area contributed by atoms with Gasteiger partial charge in [0.25, 0.3) is 0 Å². The van der Waals surface area contributed by atoms with Gasteiger partial charge in [-0.3, -0.25) is 4.98 Å². The molecule has 0 amide bonds. The van der Waals surface area contributed by atoms with Crippen molar-refractivity contribution in [3.8, 4) is 0 Å². The lowest BCUT2D eigenvalue weighted by Crippen LogP contribution is -2.49. The number of hydrogen-bond acceptors (Lipinski definition) is 3. The zero-order chi connectivity index (χ0) is 13.0. The Morgan fingerprint density at radius 1 is 1.39 bits per heavy atom. The van der Waals surface area contributed by atoms with Gasteiger partial charge in [-0.15, -0.1) is 0 Å². The highest BCUT2D eigenvalue weighted by molar-refractivity contribution is 5.16. The van der Waals surface area contributed by atoms with Crippen molar-refractivity contribution in [2.24, 2.45) is 0 Å². The second kappa shape index (κ2) is 5.76. The van der Waals surface area contributed by atoms with Gasteiger partial charge >= 0.3 is 0 Å². The van der Waals surface area contributed by atoms with Crippen LogP contribution in [0.1, 0.15) is 44.7 Å². The standard InChI is InChI=1S/C14H21FN2O/c1-14(10-18,13-8-7-11(15)9-16-13)17-12-5-3-2-4-6-12/h7-9,12,17-18H,2-6,10H2,1H3. The molecule has 0 radical (unpaired) electrons. The molecule has 1 fully saturated rings. The molecular weight excluding hydrogens is 231 g/mol. The summed E-state index contributed by atoms with van der Waals surface area (Å²) >= 11 is 0. The van der Waals surface area contributed by atoms with Crippen molar-refractivity contribution in [3.63, 3.8) is 0 Å². The van der Waals surface area contributed by atoms with Crippen LogP contribution < -0.4 is 5.32 Å². The van der Waals surface area contributed by atoms with Crippen LogP contribution in [-0.2, 0) is 5.54 Å². The molecule has 0 saturated heterocycles. The second-order valence-corrected chi connectivity index (χ2v) is 5.33. The molecule has 1 unspecified atom stereocenters. The molecule has 1 heterocycles. The van der Waals surface area contributed by atoms with Crippen molar-refractivity contribution in [1.29, 1.82) is 0 Å². The van der Waals surface area contributed by atoms with Crippen molar-refractivity contribution in [3.05, 3.63) is 29.8 Å². The third kappa shape index (κ3) is 3.06. The van der Waals surface area contributed by atoms with Crippen LogP contribution in [0.25, 0.3) is 0 Å². The molecule has 0 spiro atoms. The van der Waals surface area contributed by atoms with Crippen molar-refractivity contribution >= 4 is 0 Å². The topological polar surface area (TPSA) is 45.1 Å². The molecule has 0 aliphatic heterocycles. The number of pyridine rings is 1. The third-order valence-corrected chi connectivity index (χ3v) is 3.74. The van der Waals surface area contributed by atoms with Crippen LogP contribution in [0.2, 0.25) is 0 Å². The molecule has 3 nitrogen and oxygen atoms in total. The van der Waals surface area contributed by atoms with E-state index in [0.717, 1.165) is 12.8 Å². The van der Waals surface area contributed by atoms with Crippen LogP contribution in [0.5, 0.6) is 0 Å². The molecule has 100 valence electrons. The highest BCUT2D eigenvalue weighted by Crippen LogP contribution is 2.24. The lowest BCUT2D eigenvalue weighted by Gasteiger charge is -2.35. The lowest BCUT2D eigenvalue weighted by molar-refractivity contribution is 0.147. The van der Waals surface area contributed by atoms with Crippen LogP contribution in [0.15, 0.2) is 18.3 Å². The number of rotatable bonds is 4. The average molecular weight is 252 g/mol. The van der Waals surface area contributed by atoms with E-state index in [2.05, 4.69) is 10.3 Å². The van der Waals surface area contributed by atoms with Crippen LogP contribution >= 0.6 is 0 Å². The molecule has 2 N–H and O–H groups in total. The maximum absolute atomic E-state index is 12.9. The number of hydrogen-bond donors (Lipinski definition) is 2. The number of nitrogens with zero attached hydrogens (tertiary/aromatic N) is 1. The molecule has 1 aromatic rings. The first kappa shape index (κ1) is 13.4. The molecule has 1 aliphatic rings. The Morgan fingerprint density at radius 3 is 2.67 bits per heavy atom. The van der Waals surface area contributed by atoms with Gasteiger partial charge in [0.1, 0.15) is 5.82 Å². The Kier molecular flexibility index (Phi) is 4.30. The SMILES string of the molecule is CC(CO)(NC1CCCCC1)c1ccc(F)cn1. The third-order valence-electron chi connectivity index (χ3n) is 3.74. The van der Waals surface area contributed by atoms with E-state index in [0.29, 0.717) is 11.7 Å². The van der Waals surface area contributed by atoms with Gasteiger partial charge in [0.15, 0.2) is 0 Å². The van der Waals surface area contributed by atoms with Crippen molar-refractivity contribution in [2.75, 3.05) is 6.61 Å². The van der Waals surface area contributed by atoms with E-state index in [1.807, 2.05) is 6.92 Å². The summed E-state index contributed by atoms with van der Waals surface area (Å²) < 4.78 is 12.9. The first-order valence-corrected chi connectivity index (χ1v) is 6.65. The van der Waals surface area contributed by atoms with Crippen molar-refractivity contribution in [2.45, 2.75) is 50.6 Å². The van der Waals surface area contributed by atoms with E-state index in [-0.39, 0.29) is 12.4 Å². The molecule has 18 heavy (non-hydrogen) atoms. The molecule has 0 aromatic carbocycles. The zero-order valence-electron chi connectivity index (χ0n) is 10.8. The van der Waals surface area contributed by atoms with Crippen molar-refractivity contribution < 1.29 is 9.50 Å². The smallest absolute Gasteiger partial charge is 0.141 e. The molecular formula is C14H21FN2O. The van der Waals surface area contributed by atoms with Gasteiger partial charge in [-0.25, -0.2) is 4.39 Å². The van der Waals surface area contributed by atoms with Gasteiger partial charge < -0.3 is 10.4 Å². The summed E-state index contributed by atoms with van der Waals surface area (Å²) in [6.07, 6.45) is 7.23. The average Bonchev–Trinajstić information content (AvgIpc) is 2.40. The number of aliphatic hydroxyl groups is 1. The number of aliphatic hydroxyl groups excluding tert-OH is 1. The van der Waals surface area contributed by atoms with Crippen LogP contribution in [0, 0.1) is 5.82 Å². The molecule has 1 saturated carbocycles. The first-order valence-electron chi connectivity index (χ1n) is 6.65. The summed E-state index contributed by atoms with van der Waals surface area (Å²) in [5.74, 6) is -0.350. The fourth-order valence-corrected chi connectivity index (χ4v) is 2.60. The molecule has 4 heteroatoms. The largest absolute Gasteiger partial charge is 0.394 e. The molecule has 1 atom stereocenters. The molecule has 2 rings (SSSR count). The van der Waals surface area contributed by atoms with E-state index >= 15 is 0 Å². The van der Waals surface area contributed by atoms with Gasteiger partial charge in [-0.2, -0.15) is 0 Å². The summed E-state index contributed by atoms with van der Waals surface area (Å²) in [6.45, 7) is 1.88. The fourth-order valence-electron chi connectivity index (χ4n) is 2.60. The number of aromatic nitrogens is 1. The summed E-state index contributed by atoms with van der Waals surface area (Å²) in [7, 11) is 0. The Labute approximate surface area is 107 Å². The van der Waals surface area contributed by atoms with Crippen LogP contribution in [0.4, 0.5) is 4.39 Å².